The number of aromatic nitrogens is 1. The van der Waals surface area contributed by atoms with Crippen LogP contribution in [0.3, 0.4) is 0 Å². The summed E-state index contributed by atoms with van der Waals surface area (Å²) in [6.45, 7) is 1.19. The van der Waals surface area contributed by atoms with E-state index in [-0.39, 0.29) is 5.69 Å². The van der Waals surface area contributed by atoms with Crippen LogP contribution in [0.1, 0.15) is 28.0 Å². The molecule has 0 spiro atoms. The standard InChI is InChI=1S/C8H6F3NO2/c1-3-5(7(10)11)6(9)4(2-12-3)8(13)14/h2,7H,1H3,(H,13,14). The zero-order chi connectivity index (χ0) is 10.9. The van der Waals surface area contributed by atoms with E-state index in [4.69, 9.17) is 5.11 Å². The number of aromatic carboxylic acids is 1. The molecule has 1 N–H and O–H groups in total. The number of carbonyl (C=O) groups is 1. The fraction of sp³-hybridized carbons (Fsp3) is 0.250. The number of rotatable bonds is 2. The molecule has 0 aromatic carbocycles. The maximum absolute atomic E-state index is 13.1. The number of hydrogen-bond acceptors (Lipinski definition) is 2. The molecule has 1 rings (SSSR count). The molecule has 0 aliphatic heterocycles. The molecule has 14 heavy (non-hydrogen) atoms. The number of nitrogens with zero attached hydrogens (tertiary/aromatic N) is 1. The summed E-state index contributed by atoms with van der Waals surface area (Å²) in [5.41, 5.74) is -2.00. The summed E-state index contributed by atoms with van der Waals surface area (Å²) in [4.78, 5) is 13.8. The Morgan fingerprint density at radius 2 is 2.14 bits per heavy atom. The summed E-state index contributed by atoms with van der Waals surface area (Å²) in [5.74, 6) is -3.03. The van der Waals surface area contributed by atoms with Crippen molar-refractivity contribution >= 4 is 5.97 Å². The monoisotopic (exact) mass is 205 g/mol. The Hall–Kier alpha value is -1.59. The minimum Gasteiger partial charge on any atom is -0.478 e. The molecule has 0 fully saturated rings. The van der Waals surface area contributed by atoms with Crippen molar-refractivity contribution < 1.29 is 23.1 Å². The average Bonchev–Trinajstić information content (AvgIpc) is 2.02. The van der Waals surface area contributed by atoms with Gasteiger partial charge in [-0.3, -0.25) is 4.98 Å². The van der Waals surface area contributed by atoms with Crippen LogP contribution in [0.15, 0.2) is 6.20 Å². The van der Waals surface area contributed by atoms with Gasteiger partial charge >= 0.3 is 5.97 Å². The van der Waals surface area contributed by atoms with Crippen molar-refractivity contribution in [1.29, 1.82) is 0 Å². The zero-order valence-corrected chi connectivity index (χ0v) is 7.09. The van der Waals surface area contributed by atoms with Gasteiger partial charge in [-0.2, -0.15) is 0 Å². The minimum atomic E-state index is -3.07. The van der Waals surface area contributed by atoms with Crippen LogP contribution >= 0.6 is 0 Å². The fourth-order valence-electron chi connectivity index (χ4n) is 0.994. The lowest BCUT2D eigenvalue weighted by molar-refractivity contribution is 0.0689. The van der Waals surface area contributed by atoms with E-state index < -0.39 is 29.3 Å². The first kappa shape index (κ1) is 10.5. The van der Waals surface area contributed by atoms with E-state index in [0.29, 0.717) is 0 Å². The summed E-state index contributed by atoms with van der Waals surface area (Å²) >= 11 is 0. The molecule has 0 saturated heterocycles. The highest BCUT2D eigenvalue weighted by atomic mass is 19.3. The smallest absolute Gasteiger partial charge is 0.340 e. The van der Waals surface area contributed by atoms with Crippen molar-refractivity contribution in [2.45, 2.75) is 13.3 Å². The van der Waals surface area contributed by atoms with Crippen molar-refractivity contribution in [1.82, 2.24) is 4.98 Å². The summed E-state index contributed by atoms with van der Waals surface area (Å²) in [6, 6.07) is 0. The van der Waals surface area contributed by atoms with E-state index in [1.165, 1.54) is 6.92 Å². The quantitative estimate of drug-likeness (QED) is 0.804. The fourth-order valence-corrected chi connectivity index (χ4v) is 0.994. The number of hydrogen-bond donors (Lipinski definition) is 1. The molecule has 3 nitrogen and oxygen atoms in total. The van der Waals surface area contributed by atoms with Crippen LogP contribution in [0.5, 0.6) is 0 Å². The third kappa shape index (κ3) is 1.68. The Labute approximate surface area is 77.2 Å². The van der Waals surface area contributed by atoms with E-state index in [2.05, 4.69) is 4.98 Å². The third-order valence-corrected chi connectivity index (χ3v) is 1.70. The highest BCUT2D eigenvalue weighted by Crippen LogP contribution is 2.26. The molecule has 0 atom stereocenters. The lowest BCUT2D eigenvalue weighted by Gasteiger charge is -2.06. The lowest BCUT2D eigenvalue weighted by Crippen LogP contribution is -2.07. The van der Waals surface area contributed by atoms with Gasteiger partial charge in [0.1, 0.15) is 11.4 Å². The van der Waals surface area contributed by atoms with Gasteiger partial charge in [-0.25, -0.2) is 18.0 Å². The number of alkyl halides is 2. The molecule has 0 radical (unpaired) electrons. The van der Waals surface area contributed by atoms with Crippen molar-refractivity contribution in [3.05, 3.63) is 28.8 Å². The molecule has 1 heterocycles. The van der Waals surface area contributed by atoms with E-state index in [0.717, 1.165) is 6.20 Å². The predicted octanol–water partition coefficient (Wildman–Crippen LogP) is 2.16. The molecule has 6 heteroatoms. The van der Waals surface area contributed by atoms with Crippen LogP contribution in [0.4, 0.5) is 13.2 Å². The Morgan fingerprint density at radius 3 is 2.57 bits per heavy atom. The molecular formula is C8H6F3NO2. The average molecular weight is 205 g/mol. The summed E-state index contributed by atoms with van der Waals surface area (Å²) in [7, 11) is 0. The maximum atomic E-state index is 13.1. The largest absolute Gasteiger partial charge is 0.478 e. The van der Waals surface area contributed by atoms with Gasteiger partial charge in [-0.05, 0) is 6.92 Å². The molecule has 0 aliphatic rings. The predicted molar refractivity (Wildman–Crippen MR) is 40.8 cm³/mol. The maximum Gasteiger partial charge on any atom is 0.340 e. The SMILES string of the molecule is Cc1ncc(C(=O)O)c(F)c1C(F)F. The molecule has 76 valence electrons. The first-order valence-corrected chi connectivity index (χ1v) is 3.61. The summed E-state index contributed by atoms with van der Waals surface area (Å²) in [5, 5.41) is 8.44. The topological polar surface area (TPSA) is 50.2 Å². The van der Waals surface area contributed by atoms with Crippen LogP contribution in [0.2, 0.25) is 0 Å². The zero-order valence-electron chi connectivity index (χ0n) is 7.09. The Morgan fingerprint density at radius 1 is 1.57 bits per heavy atom. The van der Waals surface area contributed by atoms with Gasteiger partial charge in [0.2, 0.25) is 0 Å². The number of carboxylic acids is 1. The molecule has 0 bridgehead atoms. The number of halogens is 3. The van der Waals surface area contributed by atoms with E-state index >= 15 is 0 Å². The third-order valence-electron chi connectivity index (χ3n) is 1.70. The second-order valence-electron chi connectivity index (χ2n) is 2.59. The van der Waals surface area contributed by atoms with E-state index in [1.807, 2.05) is 0 Å². The molecule has 0 saturated carbocycles. The summed E-state index contributed by atoms with van der Waals surface area (Å²) in [6.07, 6.45) is -2.35. The normalized spacial score (nSPS) is 10.6. The van der Waals surface area contributed by atoms with Gasteiger partial charge in [0, 0.05) is 11.9 Å². The molecular weight excluding hydrogens is 199 g/mol. The highest BCUT2D eigenvalue weighted by molar-refractivity contribution is 5.87. The van der Waals surface area contributed by atoms with Crippen LogP contribution in [0.25, 0.3) is 0 Å². The van der Waals surface area contributed by atoms with Gasteiger partial charge in [-0.1, -0.05) is 0 Å². The first-order valence-electron chi connectivity index (χ1n) is 3.61. The van der Waals surface area contributed by atoms with Crippen LogP contribution < -0.4 is 0 Å². The van der Waals surface area contributed by atoms with E-state index in [1.54, 1.807) is 0 Å². The van der Waals surface area contributed by atoms with Gasteiger partial charge in [0.25, 0.3) is 6.43 Å². The molecule has 1 aromatic rings. The number of aryl methyl sites for hydroxylation is 1. The number of carboxylic acid groups (broad SMARTS) is 1. The first-order chi connectivity index (χ1) is 6.45. The van der Waals surface area contributed by atoms with Crippen molar-refractivity contribution in [3.8, 4) is 0 Å². The molecule has 0 aliphatic carbocycles. The lowest BCUT2D eigenvalue weighted by atomic mass is 10.1. The van der Waals surface area contributed by atoms with E-state index in [9.17, 15) is 18.0 Å². The van der Waals surface area contributed by atoms with Crippen LogP contribution in [-0.4, -0.2) is 16.1 Å². The molecule has 0 amide bonds. The van der Waals surface area contributed by atoms with Gasteiger partial charge in [0.05, 0.1) is 5.56 Å². The number of pyridine rings is 1. The van der Waals surface area contributed by atoms with Gasteiger partial charge < -0.3 is 5.11 Å². The summed E-state index contributed by atoms with van der Waals surface area (Å²) < 4.78 is 37.7. The second kappa shape index (κ2) is 3.65. The van der Waals surface area contributed by atoms with Crippen molar-refractivity contribution in [3.63, 3.8) is 0 Å². The van der Waals surface area contributed by atoms with Crippen LogP contribution in [0, 0.1) is 12.7 Å². The molecule has 1 aromatic heterocycles. The Kier molecular flexibility index (Phi) is 2.73. The molecule has 0 unspecified atom stereocenters. The van der Waals surface area contributed by atoms with Crippen molar-refractivity contribution in [2.75, 3.05) is 0 Å². The van der Waals surface area contributed by atoms with Crippen molar-refractivity contribution in [2.24, 2.45) is 0 Å². The highest BCUT2D eigenvalue weighted by Gasteiger charge is 2.23. The Balaban J connectivity index is 3.41. The van der Waals surface area contributed by atoms with Gasteiger partial charge in [0.15, 0.2) is 0 Å². The van der Waals surface area contributed by atoms with Crippen LogP contribution in [-0.2, 0) is 0 Å². The minimum absolute atomic E-state index is 0.206. The van der Waals surface area contributed by atoms with Gasteiger partial charge in [-0.15, -0.1) is 0 Å². The Bertz CT molecular complexity index is 379. The second-order valence-corrected chi connectivity index (χ2v) is 2.59.